The number of halogens is 1. The van der Waals surface area contributed by atoms with Crippen molar-refractivity contribution in [3.8, 4) is 0 Å². The standard InChI is InChI=1S/C14H19ClN6O7S/c1-5(16)12(24)20-29(25,26)27-4-7-8(22)9(23)13(28-7)21-3-2-6-10(17)18-14(15)19-11(6)21/h2-3,5,7-9,13,22-23H,4,16H2,1H3,(H,20,24)(H2,17,18,19)/t5-,7+,8+,9+,13+/m0/s1. The van der Waals surface area contributed by atoms with Gasteiger partial charge in [-0.15, -0.1) is 0 Å². The molecule has 13 nitrogen and oxygen atoms in total. The van der Waals surface area contributed by atoms with Crippen molar-refractivity contribution >= 4 is 44.7 Å². The Morgan fingerprint density at radius 1 is 1.45 bits per heavy atom. The minimum absolute atomic E-state index is 0.114. The number of nitrogens with one attached hydrogen (secondary N) is 1. The third kappa shape index (κ3) is 4.42. The summed E-state index contributed by atoms with van der Waals surface area (Å²) in [6.07, 6.45) is -3.82. The molecular formula is C14H19ClN6O7S. The molecule has 1 amide bonds. The highest BCUT2D eigenvalue weighted by Crippen LogP contribution is 2.33. The number of nitrogens with two attached hydrogens (primary N) is 2. The Hall–Kier alpha value is -2.07. The molecule has 0 aliphatic carbocycles. The number of aliphatic hydroxyl groups is 2. The van der Waals surface area contributed by atoms with Crippen LogP contribution in [-0.4, -0.2) is 70.0 Å². The smallest absolute Gasteiger partial charge is 0.362 e. The molecular weight excluding hydrogens is 432 g/mol. The monoisotopic (exact) mass is 450 g/mol. The van der Waals surface area contributed by atoms with E-state index in [-0.39, 0.29) is 16.7 Å². The van der Waals surface area contributed by atoms with Crippen molar-refractivity contribution < 1.29 is 32.3 Å². The van der Waals surface area contributed by atoms with Gasteiger partial charge < -0.3 is 31.0 Å². The van der Waals surface area contributed by atoms with Gasteiger partial charge in [0.15, 0.2) is 6.23 Å². The fourth-order valence-corrected chi connectivity index (χ4v) is 3.71. The van der Waals surface area contributed by atoms with Gasteiger partial charge in [0.25, 0.3) is 5.91 Å². The van der Waals surface area contributed by atoms with Crippen molar-refractivity contribution in [2.75, 3.05) is 12.3 Å². The van der Waals surface area contributed by atoms with Gasteiger partial charge in [-0.05, 0) is 24.6 Å². The van der Waals surface area contributed by atoms with E-state index in [9.17, 15) is 23.4 Å². The summed E-state index contributed by atoms with van der Waals surface area (Å²) < 4.78 is 36.8. The average molecular weight is 451 g/mol. The topological polar surface area (TPSA) is 205 Å². The van der Waals surface area contributed by atoms with Gasteiger partial charge in [-0.2, -0.15) is 13.4 Å². The Kier molecular flexibility index (Phi) is 5.96. The minimum atomic E-state index is -4.49. The van der Waals surface area contributed by atoms with Crippen molar-refractivity contribution in [3.05, 3.63) is 17.5 Å². The molecule has 29 heavy (non-hydrogen) atoms. The van der Waals surface area contributed by atoms with Crippen LogP contribution in [0.15, 0.2) is 12.3 Å². The molecule has 3 rings (SSSR count). The number of aromatic nitrogens is 3. The van der Waals surface area contributed by atoms with Crippen LogP contribution in [0.4, 0.5) is 5.82 Å². The largest absolute Gasteiger partial charge is 0.387 e. The summed E-state index contributed by atoms with van der Waals surface area (Å²) in [7, 11) is -4.49. The average Bonchev–Trinajstić information content (AvgIpc) is 3.15. The number of ether oxygens (including phenoxy) is 1. The Labute approximate surface area is 169 Å². The fraction of sp³-hybridized carbons (Fsp3) is 0.500. The molecule has 0 unspecified atom stereocenters. The molecule has 2 aromatic rings. The van der Waals surface area contributed by atoms with Crippen LogP contribution in [-0.2, 0) is 24.0 Å². The number of hydrogen-bond donors (Lipinski definition) is 5. The van der Waals surface area contributed by atoms with Gasteiger partial charge in [-0.1, -0.05) is 0 Å². The molecule has 15 heteroatoms. The molecule has 1 aliphatic heterocycles. The van der Waals surface area contributed by atoms with Gasteiger partial charge in [-0.25, -0.2) is 9.71 Å². The first-order chi connectivity index (χ1) is 13.5. The summed E-state index contributed by atoms with van der Waals surface area (Å²) in [5.41, 5.74) is 11.3. The number of anilines is 1. The van der Waals surface area contributed by atoms with Crippen LogP contribution in [0, 0.1) is 0 Å². The number of hydrogen-bond acceptors (Lipinski definition) is 11. The van der Waals surface area contributed by atoms with Crippen molar-refractivity contribution in [1.29, 1.82) is 0 Å². The van der Waals surface area contributed by atoms with Gasteiger partial charge in [0.05, 0.1) is 18.0 Å². The summed E-state index contributed by atoms with van der Waals surface area (Å²) in [4.78, 5) is 19.3. The number of rotatable bonds is 6. The van der Waals surface area contributed by atoms with Crippen LogP contribution < -0.4 is 16.2 Å². The summed E-state index contributed by atoms with van der Waals surface area (Å²) in [5, 5.41) is 20.9. The molecule has 2 aromatic heterocycles. The molecule has 3 heterocycles. The van der Waals surface area contributed by atoms with Crippen LogP contribution in [0.25, 0.3) is 11.0 Å². The fourth-order valence-electron chi connectivity index (χ4n) is 2.73. The van der Waals surface area contributed by atoms with E-state index in [1.165, 1.54) is 17.7 Å². The Morgan fingerprint density at radius 3 is 2.79 bits per heavy atom. The zero-order valence-corrected chi connectivity index (χ0v) is 16.5. The highest BCUT2D eigenvalue weighted by molar-refractivity contribution is 7.85. The van der Waals surface area contributed by atoms with Gasteiger partial charge >= 0.3 is 10.3 Å². The number of carbonyl (C=O) groups is 1. The predicted octanol–water partition coefficient (Wildman–Crippen LogP) is -1.99. The van der Waals surface area contributed by atoms with E-state index in [1.54, 1.807) is 10.8 Å². The molecule has 1 fully saturated rings. The second-order valence-electron chi connectivity index (χ2n) is 6.38. The first-order valence-electron chi connectivity index (χ1n) is 8.28. The molecule has 0 radical (unpaired) electrons. The van der Waals surface area contributed by atoms with Crippen LogP contribution in [0.3, 0.4) is 0 Å². The SMILES string of the molecule is C[C@H](N)C(=O)NS(=O)(=O)OC[C@H]1O[C@@H](n2ccc3c(N)nc(Cl)nc32)[C@H](O)[C@@H]1O. The third-order valence-corrected chi connectivity index (χ3v) is 5.28. The van der Waals surface area contributed by atoms with Crippen LogP contribution in [0.1, 0.15) is 13.2 Å². The summed E-state index contributed by atoms with van der Waals surface area (Å²) in [5.74, 6) is -0.855. The number of carbonyl (C=O) groups excluding carboxylic acids is 1. The lowest BCUT2D eigenvalue weighted by Crippen LogP contribution is -2.43. The number of nitrogen functional groups attached to an aromatic ring is 1. The molecule has 160 valence electrons. The zero-order valence-electron chi connectivity index (χ0n) is 15.0. The number of amides is 1. The van der Waals surface area contributed by atoms with Crippen molar-refractivity contribution in [2.24, 2.45) is 5.73 Å². The number of fused-ring (bicyclic) bond motifs is 1. The van der Waals surface area contributed by atoms with E-state index in [2.05, 4.69) is 14.2 Å². The highest BCUT2D eigenvalue weighted by atomic mass is 35.5. The van der Waals surface area contributed by atoms with E-state index >= 15 is 0 Å². The van der Waals surface area contributed by atoms with Crippen molar-refractivity contribution in [2.45, 2.75) is 37.5 Å². The lowest BCUT2D eigenvalue weighted by atomic mass is 10.1. The Bertz CT molecular complexity index is 1030. The predicted molar refractivity (Wildman–Crippen MR) is 99.5 cm³/mol. The summed E-state index contributed by atoms with van der Waals surface area (Å²) >= 11 is 5.82. The quantitative estimate of drug-likeness (QED) is 0.304. The number of nitrogens with zero attached hydrogens (tertiary/aromatic N) is 3. The van der Waals surface area contributed by atoms with E-state index < -0.39 is 53.4 Å². The maximum Gasteiger partial charge on any atom is 0.362 e. The Balaban J connectivity index is 1.75. The zero-order chi connectivity index (χ0) is 21.5. The third-order valence-electron chi connectivity index (χ3n) is 4.21. The minimum Gasteiger partial charge on any atom is -0.387 e. The summed E-state index contributed by atoms with van der Waals surface area (Å²) in [6, 6.07) is 0.498. The second kappa shape index (κ2) is 7.98. The van der Waals surface area contributed by atoms with Crippen molar-refractivity contribution in [1.82, 2.24) is 19.3 Å². The van der Waals surface area contributed by atoms with E-state index in [4.69, 9.17) is 27.8 Å². The lowest BCUT2D eigenvalue weighted by Gasteiger charge is -2.17. The lowest BCUT2D eigenvalue weighted by molar-refractivity contribution is -0.120. The first kappa shape index (κ1) is 21.6. The van der Waals surface area contributed by atoms with Crippen LogP contribution >= 0.6 is 11.6 Å². The van der Waals surface area contributed by atoms with Crippen molar-refractivity contribution in [3.63, 3.8) is 0 Å². The van der Waals surface area contributed by atoms with Gasteiger partial charge in [-0.3, -0.25) is 8.98 Å². The van der Waals surface area contributed by atoms with Crippen LogP contribution in [0.2, 0.25) is 5.28 Å². The summed E-state index contributed by atoms with van der Waals surface area (Å²) in [6.45, 7) is 0.618. The van der Waals surface area contributed by atoms with Crippen LogP contribution in [0.5, 0.6) is 0 Å². The maximum atomic E-state index is 11.8. The molecule has 1 saturated heterocycles. The van der Waals surface area contributed by atoms with E-state index in [0.717, 1.165) is 0 Å². The van der Waals surface area contributed by atoms with E-state index in [0.29, 0.717) is 5.39 Å². The second-order valence-corrected chi connectivity index (χ2v) is 8.06. The Morgan fingerprint density at radius 2 is 2.14 bits per heavy atom. The first-order valence-corrected chi connectivity index (χ1v) is 10.1. The van der Waals surface area contributed by atoms with E-state index in [1.807, 2.05) is 0 Å². The van der Waals surface area contributed by atoms with Gasteiger partial charge in [0, 0.05) is 6.20 Å². The molecule has 5 atom stereocenters. The molecule has 0 saturated carbocycles. The molecule has 0 spiro atoms. The maximum absolute atomic E-state index is 11.8. The number of aliphatic hydroxyl groups excluding tert-OH is 2. The molecule has 0 aromatic carbocycles. The van der Waals surface area contributed by atoms with Gasteiger partial charge in [0.1, 0.15) is 29.8 Å². The normalized spacial score (nSPS) is 26.0. The molecule has 7 N–H and O–H groups in total. The molecule has 1 aliphatic rings. The highest BCUT2D eigenvalue weighted by Gasteiger charge is 2.45. The molecule has 0 bridgehead atoms. The van der Waals surface area contributed by atoms with Gasteiger partial charge in [0.2, 0.25) is 5.28 Å².